The predicted octanol–water partition coefficient (Wildman–Crippen LogP) is 3.87. The molecule has 1 unspecified atom stereocenters. The Labute approximate surface area is 173 Å². The number of benzene rings is 3. The molecule has 150 valence electrons. The molecule has 3 aromatic carbocycles. The summed E-state index contributed by atoms with van der Waals surface area (Å²) in [4.78, 5) is 39.4. The standard InChI is InChI=1S/C24H20N2O4/c27-22(17-8-7-15-4-1-2-5-16(15)12-17)25-18-9-10-20-21(13-18)24(29)26(23(20)28)14-19-6-3-11-30-19/h1-2,4-5,7-10,12-13,19H,3,6,11,14H2,(H,25,27). The number of amides is 3. The summed E-state index contributed by atoms with van der Waals surface area (Å²) in [6.45, 7) is 0.934. The van der Waals surface area contributed by atoms with Gasteiger partial charge < -0.3 is 10.1 Å². The van der Waals surface area contributed by atoms with Crippen LogP contribution in [0, 0.1) is 0 Å². The minimum absolute atomic E-state index is 0.0979. The lowest BCUT2D eigenvalue weighted by molar-refractivity contribution is 0.0475. The SMILES string of the molecule is O=C(Nc1ccc2c(c1)C(=O)N(CC1CCCO1)C2=O)c1ccc2ccccc2c1. The van der Waals surface area contributed by atoms with Crippen LogP contribution in [0.1, 0.15) is 43.9 Å². The van der Waals surface area contributed by atoms with Gasteiger partial charge >= 0.3 is 0 Å². The monoisotopic (exact) mass is 400 g/mol. The molecule has 6 heteroatoms. The van der Waals surface area contributed by atoms with Crippen LogP contribution in [0.5, 0.6) is 0 Å². The second kappa shape index (κ2) is 7.39. The number of ether oxygens (including phenoxy) is 1. The Balaban J connectivity index is 1.36. The van der Waals surface area contributed by atoms with Crippen LogP contribution in [-0.4, -0.2) is 41.9 Å². The normalized spacial score (nSPS) is 18.1. The van der Waals surface area contributed by atoms with Gasteiger partial charge in [0.1, 0.15) is 0 Å². The molecule has 5 rings (SSSR count). The zero-order valence-corrected chi connectivity index (χ0v) is 16.3. The summed E-state index contributed by atoms with van der Waals surface area (Å²) in [5.74, 6) is -0.918. The number of anilines is 1. The Morgan fingerprint density at radius 2 is 1.77 bits per heavy atom. The average Bonchev–Trinajstić information content (AvgIpc) is 3.36. The van der Waals surface area contributed by atoms with Crippen LogP contribution in [-0.2, 0) is 4.74 Å². The van der Waals surface area contributed by atoms with E-state index in [1.807, 2.05) is 36.4 Å². The van der Waals surface area contributed by atoms with Crippen molar-refractivity contribution in [3.8, 4) is 0 Å². The molecule has 0 aliphatic carbocycles. The van der Waals surface area contributed by atoms with Crippen molar-refractivity contribution in [3.05, 3.63) is 77.4 Å². The number of rotatable bonds is 4. The van der Waals surface area contributed by atoms with Crippen LogP contribution >= 0.6 is 0 Å². The lowest BCUT2D eigenvalue weighted by atomic mass is 10.1. The Bertz CT molecular complexity index is 1180. The molecular weight excluding hydrogens is 380 g/mol. The minimum Gasteiger partial charge on any atom is -0.376 e. The lowest BCUT2D eigenvalue weighted by Crippen LogP contribution is -2.36. The summed E-state index contributed by atoms with van der Waals surface area (Å²) in [6.07, 6.45) is 1.69. The van der Waals surface area contributed by atoms with E-state index in [9.17, 15) is 14.4 Å². The van der Waals surface area contributed by atoms with E-state index in [1.54, 1.807) is 24.3 Å². The fraction of sp³-hybridized carbons (Fsp3) is 0.208. The number of imide groups is 1. The number of carbonyl (C=O) groups is 3. The van der Waals surface area contributed by atoms with Gasteiger partial charge in [-0.1, -0.05) is 30.3 Å². The van der Waals surface area contributed by atoms with Crippen LogP contribution in [0.3, 0.4) is 0 Å². The fourth-order valence-corrected chi connectivity index (χ4v) is 4.06. The number of nitrogens with one attached hydrogen (secondary N) is 1. The lowest BCUT2D eigenvalue weighted by Gasteiger charge is -2.17. The maximum atomic E-state index is 12.8. The van der Waals surface area contributed by atoms with Crippen molar-refractivity contribution in [2.24, 2.45) is 0 Å². The highest BCUT2D eigenvalue weighted by Crippen LogP contribution is 2.28. The van der Waals surface area contributed by atoms with Crippen molar-refractivity contribution in [3.63, 3.8) is 0 Å². The van der Waals surface area contributed by atoms with E-state index in [-0.39, 0.29) is 30.4 Å². The maximum absolute atomic E-state index is 12.8. The first-order valence-corrected chi connectivity index (χ1v) is 10.0. The molecule has 2 aliphatic rings. The molecule has 1 fully saturated rings. The average molecular weight is 400 g/mol. The molecule has 0 bridgehead atoms. The van der Waals surface area contributed by atoms with Crippen LogP contribution in [0.4, 0.5) is 5.69 Å². The van der Waals surface area contributed by atoms with E-state index in [0.29, 0.717) is 29.0 Å². The van der Waals surface area contributed by atoms with Gasteiger partial charge in [0.15, 0.2) is 0 Å². The van der Waals surface area contributed by atoms with Crippen molar-refractivity contribution in [1.29, 1.82) is 0 Å². The number of fused-ring (bicyclic) bond motifs is 2. The zero-order valence-electron chi connectivity index (χ0n) is 16.3. The Morgan fingerprint density at radius 1 is 0.967 bits per heavy atom. The second-order valence-corrected chi connectivity index (χ2v) is 7.63. The van der Waals surface area contributed by atoms with Gasteiger partial charge in [0.05, 0.1) is 23.8 Å². The van der Waals surface area contributed by atoms with Crippen LogP contribution in [0.15, 0.2) is 60.7 Å². The van der Waals surface area contributed by atoms with Crippen molar-refractivity contribution < 1.29 is 19.1 Å². The third kappa shape index (κ3) is 3.25. The van der Waals surface area contributed by atoms with Crippen LogP contribution in [0.2, 0.25) is 0 Å². The molecule has 2 heterocycles. The molecule has 3 aromatic rings. The summed E-state index contributed by atoms with van der Waals surface area (Å²) in [7, 11) is 0. The molecule has 2 aliphatic heterocycles. The molecule has 6 nitrogen and oxygen atoms in total. The molecule has 1 N–H and O–H groups in total. The van der Waals surface area contributed by atoms with Crippen LogP contribution in [0.25, 0.3) is 10.8 Å². The number of carbonyl (C=O) groups excluding carboxylic acids is 3. The van der Waals surface area contributed by atoms with Gasteiger partial charge in [-0.2, -0.15) is 0 Å². The highest BCUT2D eigenvalue weighted by molar-refractivity contribution is 6.22. The fourth-order valence-electron chi connectivity index (χ4n) is 4.06. The van der Waals surface area contributed by atoms with Crippen LogP contribution < -0.4 is 5.32 Å². The molecule has 1 atom stereocenters. The van der Waals surface area contributed by atoms with Gasteiger partial charge in [-0.3, -0.25) is 19.3 Å². The molecule has 0 spiro atoms. The van der Waals surface area contributed by atoms with E-state index in [0.717, 1.165) is 23.6 Å². The first kappa shape index (κ1) is 18.5. The quantitative estimate of drug-likeness (QED) is 0.675. The molecule has 30 heavy (non-hydrogen) atoms. The summed E-state index contributed by atoms with van der Waals surface area (Å²) >= 11 is 0. The molecule has 0 aromatic heterocycles. The van der Waals surface area contributed by atoms with E-state index in [4.69, 9.17) is 4.74 Å². The van der Waals surface area contributed by atoms with Crippen molar-refractivity contribution in [2.75, 3.05) is 18.5 Å². The molecular formula is C24H20N2O4. The summed E-state index contributed by atoms with van der Waals surface area (Å²) in [5, 5.41) is 4.86. The minimum atomic E-state index is -0.340. The predicted molar refractivity (Wildman–Crippen MR) is 113 cm³/mol. The molecule has 0 saturated carbocycles. The van der Waals surface area contributed by atoms with Gasteiger partial charge in [-0.05, 0) is 53.9 Å². The third-order valence-corrected chi connectivity index (χ3v) is 5.65. The smallest absolute Gasteiger partial charge is 0.261 e. The second-order valence-electron chi connectivity index (χ2n) is 7.63. The van der Waals surface area contributed by atoms with Crippen molar-refractivity contribution in [1.82, 2.24) is 4.90 Å². The van der Waals surface area contributed by atoms with E-state index in [2.05, 4.69) is 5.32 Å². The van der Waals surface area contributed by atoms with E-state index < -0.39 is 0 Å². The third-order valence-electron chi connectivity index (χ3n) is 5.65. The molecule has 0 radical (unpaired) electrons. The first-order valence-electron chi connectivity index (χ1n) is 10.0. The summed E-state index contributed by atoms with van der Waals surface area (Å²) in [6, 6.07) is 18.1. The van der Waals surface area contributed by atoms with Gasteiger partial charge in [0, 0.05) is 17.9 Å². The Morgan fingerprint density at radius 3 is 2.57 bits per heavy atom. The van der Waals surface area contributed by atoms with Gasteiger partial charge in [-0.25, -0.2) is 0 Å². The largest absolute Gasteiger partial charge is 0.376 e. The number of nitrogens with zero attached hydrogens (tertiary/aromatic N) is 1. The zero-order chi connectivity index (χ0) is 20.7. The van der Waals surface area contributed by atoms with Crippen molar-refractivity contribution in [2.45, 2.75) is 18.9 Å². The Kier molecular flexibility index (Phi) is 4.56. The van der Waals surface area contributed by atoms with Crippen molar-refractivity contribution >= 4 is 34.2 Å². The van der Waals surface area contributed by atoms with E-state index in [1.165, 1.54) is 4.90 Å². The highest BCUT2D eigenvalue weighted by atomic mass is 16.5. The highest BCUT2D eigenvalue weighted by Gasteiger charge is 2.37. The summed E-state index contributed by atoms with van der Waals surface area (Å²) in [5.41, 5.74) is 1.68. The number of hydrogen-bond acceptors (Lipinski definition) is 4. The topological polar surface area (TPSA) is 75.7 Å². The summed E-state index contributed by atoms with van der Waals surface area (Å²) < 4.78 is 5.56. The number of hydrogen-bond donors (Lipinski definition) is 1. The van der Waals surface area contributed by atoms with Gasteiger partial charge in [0.2, 0.25) is 0 Å². The Hall–Kier alpha value is -3.51. The maximum Gasteiger partial charge on any atom is 0.261 e. The molecule has 1 saturated heterocycles. The van der Waals surface area contributed by atoms with E-state index >= 15 is 0 Å². The van der Waals surface area contributed by atoms with Gasteiger partial charge in [0.25, 0.3) is 17.7 Å². The molecule has 3 amide bonds. The first-order chi connectivity index (χ1) is 14.6. The van der Waals surface area contributed by atoms with Gasteiger partial charge in [-0.15, -0.1) is 0 Å².